The maximum atomic E-state index is 13.1. The lowest BCUT2D eigenvalue weighted by Gasteiger charge is -2.28. The van der Waals surface area contributed by atoms with E-state index in [1.54, 1.807) is 0 Å². The number of rotatable bonds is 5. The van der Waals surface area contributed by atoms with E-state index in [2.05, 4.69) is 4.98 Å². The van der Waals surface area contributed by atoms with E-state index >= 15 is 0 Å². The van der Waals surface area contributed by atoms with Gasteiger partial charge in [-0.3, -0.25) is 4.79 Å². The lowest BCUT2D eigenvalue weighted by molar-refractivity contribution is -0.182. The predicted octanol–water partition coefficient (Wildman–Crippen LogP) is 4.88. The highest BCUT2D eigenvalue weighted by Gasteiger charge is 2.48. The van der Waals surface area contributed by atoms with E-state index < -0.39 is 30.4 Å². The van der Waals surface area contributed by atoms with Crippen molar-refractivity contribution < 1.29 is 35.9 Å². The Bertz CT molecular complexity index is 1240. The number of pyridine rings is 1. The summed E-state index contributed by atoms with van der Waals surface area (Å²) in [4.78, 5) is 16.5. The fourth-order valence-corrected chi connectivity index (χ4v) is 2.86. The molecule has 2 aromatic heterocycles. The zero-order valence-corrected chi connectivity index (χ0v) is 17.2. The number of carbonyl (C=O) groups is 1. The molecule has 0 fully saturated rings. The van der Waals surface area contributed by atoms with Crippen LogP contribution in [0.25, 0.3) is 16.8 Å². The summed E-state index contributed by atoms with van der Waals surface area (Å²) >= 11 is 0. The highest BCUT2D eigenvalue weighted by molar-refractivity contribution is 5.94. The summed E-state index contributed by atoms with van der Waals surface area (Å²) in [6.07, 6.45) is -6.91. The summed E-state index contributed by atoms with van der Waals surface area (Å²) < 4.78 is 83.5. The van der Waals surface area contributed by atoms with Gasteiger partial charge in [-0.2, -0.15) is 31.6 Å². The minimum atomic E-state index is -4.73. The van der Waals surface area contributed by atoms with Gasteiger partial charge in [0.2, 0.25) is 0 Å². The van der Waals surface area contributed by atoms with Crippen molar-refractivity contribution in [3.63, 3.8) is 0 Å². The number of benzene rings is 1. The number of carbonyl (C=O) groups excluding carboxylic acids is 1. The molecular formula is C21H16F6N4O2. The quantitative estimate of drug-likeness (QED) is 0.539. The monoisotopic (exact) mass is 470 g/mol. The molecule has 0 unspecified atom stereocenters. The summed E-state index contributed by atoms with van der Waals surface area (Å²) in [5, 5.41) is 11.2. The Balaban J connectivity index is 2.09. The molecule has 33 heavy (non-hydrogen) atoms. The first-order valence-electron chi connectivity index (χ1n) is 9.33. The Labute approximate surface area is 183 Å². The average molecular weight is 470 g/mol. The van der Waals surface area contributed by atoms with Gasteiger partial charge in [-0.1, -0.05) is 18.2 Å². The van der Waals surface area contributed by atoms with Gasteiger partial charge in [-0.25, -0.2) is 4.98 Å². The number of hydrogen-bond acceptors (Lipinski definition) is 4. The van der Waals surface area contributed by atoms with Gasteiger partial charge in [0.25, 0.3) is 5.91 Å². The van der Waals surface area contributed by atoms with Crippen LogP contribution in [0.4, 0.5) is 26.3 Å². The van der Waals surface area contributed by atoms with Crippen molar-refractivity contribution in [2.45, 2.75) is 31.7 Å². The van der Waals surface area contributed by atoms with Crippen LogP contribution in [-0.4, -0.2) is 39.8 Å². The van der Waals surface area contributed by atoms with E-state index in [4.69, 9.17) is 4.74 Å². The van der Waals surface area contributed by atoms with E-state index in [0.717, 1.165) is 20.0 Å². The summed E-state index contributed by atoms with van der Waals surface area (Å²) in [6, 6.07) is 8.91. The SMILES string of the molecule is CC(C)(NC(=O)c1cn2cc(C#N)cc(-c3ccccc3OCC(F)(F)F)c2n1)C(F)(F)F. The van der Waals surface area contributed by atoms with Crippen molar-refractivity contribution in [3.8, 4) is 22.9 Å². The molecule has 3 rings (SSSR count). The maximum Gasteiger partial charge on any atom is 0.422 e. The number of amides is 1. The lowest BCUT2D eigenvalue weighted by atomic mass is 10.0. The van der Waals surface area contributed by atoms with Crippen LogP contribution in [0.2, 0.25) is 0 Å². The molecule has 1 amide bonds. The van der Waals surface area contributed by atoms with Crippen LogP contribution in [0.1, 0.15) is 29.9 Å². The molecule has 0 spiro atoms. The third kappa shape index (κ3) is 5.19. The van der Waals surface area contributed by atoms with E-state index in [9.17, 15) is 36.4 Å². The van der Waals surface area contributed by atoms with E-state index in [1.807, 2.05) is 11.4 Å². The smallest absolute Gasteiger partial charge is 0.422 e. The van der Waals surface area contributed by atoms with Gasteiger partial charge in [-0.05, 0) is 26.0 Å². The molecule has 0 bridgehead atoms. The highest BCUT2D eigenvalue weighted by Crippen LogP contribution is 2.35. The van der Waals surface area contributed by atoms with Gasteiger partial charge < -0.3 is 14.5 Å². The minimum Gasteiger partial charge on any atom is -0.483 e. The number of para-hydroxylation sites is 1. The molecule has 0 radical (unpaired) electrons. The van der Waals surface area contributed by atoms with Crippen LogP contribution in [0.15, 0.2) is 42.7 Å². The zero-order valence-electron chi connectivity index (χ0n) is 17.2. The van der Waals surface area contributed by atoms with Crippen LogP contribution in [-0.2, 0) is 0 Å². The van der Waals surface area contributed by atoms with Crippen LogP contribution in [0, 0.1) is 11.3 Å². The van der Waals surface area contributed by atoms with Gasteiger partial charge in [0.1, 0.15) is 28.7 Å². The van der Waals surface area contributed by atoms with Crippen molar-refractivity contribution in [3.05, 3.63) is 54.0 Å². The fraction of sp³-hybridized carbons (Fsp3) is 0.286. The number of fused-ring (bicyclic) bond motifs is 1. The third-order valence-corrected chi connectivity index (χ3v) is 4.62. The Morgan fingerprint density at radius 1 is 1.12 bits per heavy atom. The van der Waals surface area contributed by atoms with E-state index in [-0.39, 0.29) is 33.8 Å². The molecule has 0 saturated carbocycles. The van der Waals surface area contributed by atoms with E-state index in [0.29, 0.717) is 0 Å². The predicted molar refractivity (Wildman–Crippen MR) is 104 cm³/mol. The lowest BCUT2D eigenvalue weighted by Crippen LogP contribution is -2.54. The van der Waals surface area contributed by atoms with Crippen molar-refractivity contribution in [1.29, 1.82) is 5.26 Å². The topological polar surface area (TPSA) is 79.4 Å². The molecule has 12 heteroatoms. The van der Waals surface area contributed by atoms with Gasteiger partial charge in [0.15, 0.2) is 6.61 Å². The number of aromatic nitrogens is 2. The van der Waals surface area contributed by atoms with Crippen LogP contribution in [0.3, 0.4) is 0 Å². The Hall–Kier alpha value is -3.75. The molecule has 2 heterocycles. The van der Waals surface area contributed by atoms with Gasteiger partial charge >= 0.3 is 12.4 Å². The van der Waals surface area contributed by atoms with Crippen LogP contribution in [0.5, 0.6) is 5.75 Å². The number of nitriles is 1. The standard InChI is InChI=1S/C21H16F6N4O2/c1-19(2,21(25,26)27)30-18(32)15-10-31-9-12(8-28)7-14(17(31)29-15)13-5-3-4-6-16(13)33-11-20(22,23)24/h3-7,9-10H,11H2,1-2H3,(H,30,32). The number of nitrogens with one attached hydrogen (secondary N) is 1. The second kappa shape index (κ2) is 8.31. The highest BCUT2D eigenvalue weighted by atomic mass is 19.4. The Morgan fingerprint density at radius 3 is 2.39 bits per heavy atom. The number of ether oxygens (including phenoxy) is 1. The van der Waals surface area contributed by atoms with Crippen molar-refractivity contribution in [1.82, 2.24) is 14.7 Å². The first-order chi connectivity index (χ1) is 15.2. The van der Waals surface area contributed by atoms with Crippen molar-refractivity contribution in [2.24, 2.45) is 0 Å². The van der Waals surface area contributed by atoms with Gasteiger partial charge in [0, 0.05) is 23.5 Å². The van der Waals surface area contributed by atoms with E-state index in [1.165, 1.54) is 40.9 Å². The maximum absolute atomic E-state index is 13.1. The molecule has 0 aliphatic carbocycles. The number of nitrogens with zero attached hydrogens (tertiary/aromatic N) is 3. The molecule has 6 nitrogen and oxygen atoms in total. The van der Waals surface area contributed by atoms with Gasteiger partial charge in [0.05, 0.1) is 5.56 Å². The molecule has 3 aromatic rings. The van der Waals surface area contributed by atoms with Gasteiger partial charge in [-0.15, -0.1) is 0 Å². The zero-order chi connectivity index (χ0) is 24.6. The first kappa shape index (κ1) is 23.9. The van der Waals surface area contributed by atoms with Crippen LogP contribution >= 0.6 is 0 Å². The molecule has 0 aliphatic heterocycles. The molecule has 0 aliphatic rings. The first-order valence-corrected chi connectivity index (χ1v) is 9.33. The largest absolute Gasteiger partial charge is 0.483 e. The molecule has 0 saturated heterocycles. The average Bonchev–Trinajstić information content (AvgIpc) is 3.14. The summed E-state index contributed by atoms with van der Waals surface area (Å²) in [7, 11) is 0. The summed E-state index contributed by atoms with van der Waals surface area (Å²) in [6.45, 7) is 0.00908. The minimum absolute atomic E-state index is 0.0343. The normalized spacial score (nSPS) is 12.5. The number of imidazole rings is 1. The summed E-state index contributed by atoms with van der Waals surface area (Å²) in [5.74, 6) is -1.27. The number of halogens is 6. The fourth-order valence-electron chi connectivity index (χ4n) is 2.86. The summed E-state index contributed by atoms with van der Waals surface area (Å²) in [5.41, 5.74) is -2.51. The molecular weight excluding hydrogens is 454 g/mol. The van der Waals surface area contributed by atoms with Crippen LogP contribution < -0.4 is 10.1 Å². The molecule has 1 aromatic carbocycles. The molecule has 0 atom stereocenters. The second-order valence-corrected chi connectivity index (χ2v) is 7.59. The number of hydrogen-bond donors (Lipinski definition) is 1. The Morgan fingerprint density at radius 2 is 1.79 bits per heavy atom. The Kier molecular flexibility index (Phi) is 6.02. The second-order valence-electron chi connectivity index (χ2n) is 7.59. The molecule has 174 valence electrons. The molecule has 1 N–H and O–H groups in total. The van der Waals surface area contributed by atoms with Crippen molar-refractivity contribution >= 4 is 11.6 Å². The van der Waals surface area contributed by atoms with Crippen molar-refractivity contribution in [2.75, 3.05) is 6.61 Å². The number of alkyl halides is 6. The third-order valence-electron chi connectivity index (χ3n) is 4.62.